The first kappa shape index (κ1) is 12.7. The highest BCUT2D eigenvalue weighted by molar-refractivity contribution is 7.98. The molecule has 90 valence electrons. The van der Waals surface area contributed by atoms with Crippen LogP contribution in [-0.2, 0) is 5.75 Å². The monoisotopic (exact) mass is 253 g/mol. The van der Waals surface area contributed by atoms with Crippen LogP contribution in [0.25, 0.3) is 0 Å². The molecule has 2 aromatic carbocycles. The Morgan fingerprint density at radius 2 is 1.83 bits per heavy atom. The molecule has 0 aromatic heterocycles. The third kappa shape index (κ3) is 3.15. The van der Waals surface area contributed by atoms with Crippen LogP contribution in [-0.4, -0.2) is 0 Å². The van der Waals surface area contributed by atoms with Gasteiger partial charge in [0, 0.05) is 10.6 Å². The highest BCUT2D eigenvalue weighted by Gasteiger charge is 2.03. The lowest BCUT2D eigenvalue weighted by molar-refractivity contribution is 1.30. The summed E-state index contributed by atoms with van der Waals surface area (Å²) >= 11 is 1.72. The normalized spacial score (nSPS) is 10.1. The van der Waals surface area contributed by atoms with Crippen LogP contribution in [0.3, 0.4) is 0 Å². The molecule has 2 aromatic rings. The molecule has 0 aliphatic carbocycles. The fourth-order valence-electron chi connectivity index (χ4n) is 1.82. The number of thioether (sulfide) groups is 1. The van der Waals surface area contributed by atoms with E-state index in [-0.39, 0.29) is 0 Å². The molecule has 18 heavy (non-hydrogen) atoms. The molecule has 2 heteroatoms. The molecule has 0 spiro atoms. The molecule has 0 atom stereocenters. The fourth-order valence-corrected chi connectivity index (χ4v) is 2.75. The molecule has 0 saturated carbocycles. The Kier molecular flexibility index (Phi) is 4.07. The van der Waals surface area contributed by atoms with Gasteiger partial charge in [0.25, 0.3) is 0 Å². The van der Waals surface area contributed by atoms with E-state index >= 15 is 0 Å². The standard InChI is InChI=1S/C16H15NS/c1-12-4-3-5-14(8-12)11-18-16-7-6-13(2)9-15(16)10-17/h3-9H,11H2,1-2H3. The van der Waals surface area contributed by atoms with Gasteiger partial charge in [0.2, 0.25) is 0 Å². The number of hydrogen-bond acceptors (Lipinski definition) is 2. The van der Waals surface area contributed by atoms with Gasteiger partial charge in [0.1, 0.15) is 6.07 Å². The van der Waals surface area contributed by atoms with Gasteiger partial charge in [-0.15, -0.1) is 11.8 Å². The van der Waals surface area contributed by atoms with E-state index in [9.17, 15) is 0 Å². The Bertz CT molecular complexity index is 596. The molecule has 0 aliphatic rings. The van der Waals surface area contributed by atoms with Gasteiger partial charge in [-0.3, -0.25) is 0 Å². The quantitative estimate of drug-likeness (QED) is 0.754. The van der Waals surface area contributed by atoms with Crippen molar-refractivity contribution < 1.29 is 0 Å². The van der Waals surface area contributed by atoms with Crippen molar-refractivity contribution in [3.05, 3.63) is 64.7 Å². The van der Waals surface area contributed by atoms with Crippen molar-refractivity contribution in [1.82, 2.24) is 0 Å². The Morgan fingerprint density at radius 1 is 1.06 bits per heavy atom. The summed E-state index contributed by atoms with van der Waals surface area (Å²) in [6.45, 7) is 4.11. The van der Waals surface area contributed by atoms with Gasteiger partial charge in [-0.05, 0) is 37.1 Å². The molecule has 0 unspecified atom stereocenters. The molecular weight excluding hydrogens is 238 g/mol. The molecule has 0 bridgehead atoms. The van der Waals surface area contributed by atoms with Crippen molar-refractivity contribution in [2.75, 3.05) is 0 Å². The van der Waals surface area contributed by atoms with E-state index in [4.69, 9.17) is 5.26 Å². The molecule has 0 amide bonds. The van der Waals surface area contributed by atoms with Crippen molar-refractivity contribution in [2.24, 2.45) is 0 Å². The third-order valence-corrected chi connectivity index (χ3v) is 3.88. The van der Waals surface area contributed by atoms with Gasteiger partial charge in [0.05, 0.1) is 5.56 Å². The number of nitriles is 1. The molecular formula is C16H15NS. The number of hydrogen-bond donors (Lipinski definition) is 0. The maximum atomic E-state index is 9.12. The molecule has 1 nitrogen and oxygen atoms in total. The van der Waals surface area contributed by atoms with Crippen LogP contribution in [0.5, 0.6) is 0 Å². The summed E-state index contributed by atoms with van der Waals surface area (Å²) in [5.41, 5.74) is 4.47. The number of nitrogens with zero attached hydrogens (tertiary/aromatic N) is 1. The predicted molar refractivity (Wildman–Crippen MR) is 76.6 cm³/mol. The Morgan fingerprint density at radius 3 is 2.56 bits per heavy atom. The van der Waals surface area contributed by atoms with Crippen LogP contribution in [0.15, 0.2) is 47.4 Å². The zero-order valence-corrected chi connectivity index (χ0v) is 11.4. The second-order valence-corrected chi connectivity index (χ2v) is 5.41. The smallest absolute Gasteiger partial charge is 0.100 e. The summed E-state index contributed by atoms with van der Waals surface area (Å²) in [5, 5.41) is 9.12. The lowest BCUT2D eigenvalue weighted by Crippen LogP contribution is -1.86. The molecule has 0 heterocycles. The van der Waals surface area contributed by atoms with E-state index in [1.165, 1.54) is 11.1 Å². The molecule has 0 saturated heterocycles. The third-order valence-electron chi connectivity index (χ3n) is 2.73. The molecule has 0 N–H and O–H groups in total. The van der Waals surface area contributed by atoms with Gasteiger partial charge < -0.3 is 0 Å². The maximum Gasteiger partial charge on any atom is 0.100 e. The van der Waals surface area contributed by atoms with E-state index in [2.05, 4.69) is 43.3 Å². The van der Waals surface area contributed by atoms with Crippen LogP contribution < -0.4 is 0 Å². The van der Waals surface area contributed by atoms with E-state index < -0.39 is 0 Å². The Labute approximate surface area is 112 Å². The highest BCUT2D eigenvalue weighted by Crippen LogP contribution is 2.26. The molecule has 0 radical (unpaired) electrons. The van der Waals surface area contributed by atoms with E-state index in [0.717, 1.165) is 21.8 Å². The van der Waals surface area contributed by atoms with Crippen molar-refractivity contribution in [3.8, 4) is 6.07 Å². The topological polar surface area (TPSA) is 23.8 Å². The van der Waals surface area contributed by atoms with Gasteiger partial charge in [-0.2, -0.15) is 5.26 Å². The van der Waals surface area contributed by atoms with Crippen LogP contribution in [0, 0.1) is 25.2 Å². The van der Waals surface area contributed by atoms with Gasteiger partial charge in [-0.25, -0.2) is 0 Å². The summed E-state index contributed by atoms with van der Waals surface area (Å²) in [6.07, 6.45) is 0. The molecule has 2 rings (SSSR count). The summed E-state index contributed by atoms with van der Waals surface area (Å²) in [4.78, 5) is 1.06. The van der Waals surface area contributed by atoms with Gasteiger partial charge in [-0.1, -0.05) is 35.9 Å². The maximum absolute atomic E-state index is 9.12. The molecule has 0 fully saturated rings. The average molecular weight is 253 g/mol. The van der Waals surface area contributed by atoms with Crippen LogP contribution in [0.4, 0.5) is 0 Å². The first-order chi connectivity index (χ1) is 8.69. The van der Waals surface area contributed by atoms with Crippen molar-refractivity contribution in [2.45, 2.75) is 24.5 Å². The minimum atomic E-state index is 0.771. The van der Waals surface area contributed by atoms with Crippen molar-refractivity contribution in [1.29, 1.82) is 5.26 Å². The minimum absolute atomic E-state index is 0.771. The average Bonchev–Trinajstić information content (AvgIpc) is 2.37. The zero-order valence-electron chi connectivity index (χ0n) is 10.6. The summed E-state index contributed by atoms with van der Waals surface area (Å²) in [6, 6.07) is 16.8. The molecule has 0 aliphatic heterocycles. The number of aryl methyl sites for hydroxylation is 2. The van der Waals surface area contributed by atoms with E-state index in [0.29, 0.717) is 0 Å². The SMILES string of the molecule is Cc1cccc(CSc2ccc(C)cc2C#N)c1. The Balaban J connectivity index is 2.14. The second-order valence-electron chi connectivity index (χ2n) is 4.39. The highest BCUT2D eigenvalue weighted by atomic mass is 32.2. The van der Waals surface area contributed by atoms with Crippen LogP contribution in [0.2, 0.25) is 0 Å². The lowest BCUT2D eigenvalue weighted by Gasteiger charge is -2.05. The first-order valence-electron chi connectivity index (χ1n) is 5.88. The van der Waals surface area contributed by atoms with Crippen molar-refractivity contribution in [3.63, 3.8) is 0 Å². The van der Waals surface area contributed by atoms with E-state index in [1.807, 2.05) is 19.1 Å². The number of benzene rings is 2. The zero-order chi connectivity index (χ0) is 13.0. The largest absolute Gasteiger partial charge is 0.192 e. The second kappa shape index (κ2) is 5.75. The fraction of sp³-hybridized carbons (Fsp3) is 0.188. The predicted octanol–water partition coefficient (Wildman–Crippen LogP) is 4.47. The Hall–Kier alpha value is -1.72. The lowest BCUT2D eigenvalue weighted by atomic mass is 10.1. The van der Waals surface area contributed by atoms with Gasteiger partial charge in [0.15, 0.2) is 0 Å². The first-order valence-corrected chi connectivity index (χ1v) is 6.86. The number of rotatable bonds is 3. The summed E-state index contributed by atoms with van der Waals surface area (Å²) < 4.78 is 0. The van der Waals surface area contributed by atoms with Crippen LogP contribution in [0.1, 0.15) is 22.3 Å². The van der Waals surface area contributed by atoms with Gasteiger partial charge >= 0.3 is 0 Å². The minimum Gasteiger partial charge on any atom is -0.192 e. The van der Waals surface area contributed by atoms with E-state index in [1.54, 1.807) is 11.8 Å². The van der Waals surface area contributed by atoms with Crippen molar-refractivity contribution >= 4 is 11.8 Å². The summed E-state index contributed by atoms with van der Waals surface area (Å²) in [5.74, 6) is 0.902. The summed E-state index contributed by atoms with van der Waals surface area (Å²) in [7, 11) is 0. The van der Waals surface area contributed by atoms with Crippen LogP contribution >= 0.6 is 11.8 Å².